The Kier molecular flexibility index (Phi) is 11.6. The van der Waals surface area contributed by atoms with Gasteiger partial charge >= 0.3 is 0 Å². The van der Waals surface area contributed by atoms with Gasteiger partial charge in [0.25, 0.3) is 10.0 Å². The zero-order valence-electron chi connectivity index (χ0n) is 24.5. The van der Waals surface area contributed by atoms with E-state index in [-0.39, 0.29) is 29.1 Å². The first-order chi connectivity index (χ1) is 20.0. The number of hydrogen-bond acceptors (Lipinski definition) is 6. The molecule has 3 aromatic rings. The summed E-state index contributed by atoms with van der Waals surface area (Å²) in [6.45, 7) is 5.22. The lowest BCUT2D eigenvalue weighted by Crippen LogP contribution is -2.53. The first-order valence-corrected chi connectivity index (χ1v) is 15.5. The lowest BCUT2D eigenvalue weighted by Gasteiger charge is -2.33. The van der Waals surface area contributed by atoms with Gasteiger partial charge in [0.1, 0.15) is 24.1 Å². The molecule has 0 aliphatic heterocycles. The van der Waals surface area contributed by atoms with E-state index in [2.05, 4.69) is 5.32 Å². The van der Waals surface area contributed by atoms with Crippen molar-refractivity contribution in [3.63, 3.8) is 0 Å². The molecule has 0 saturated heterocycles. The Bertz CT molecular complexity index is 1430. The molecule has 1 N–H and O–H groups in total. The van der Waals surface area contributed by atoms with E-state index in [1.54, 1.807) is 31.4 Å². The van der Waals surface area contributed by atoms with Gasteiger partial charge in [-0.15, -0.1) is 0 Å². The smallest absolute Gasteiger partial charge is 0.264 e. The molecule has 11 heteroatoms. The molecule has 0 unspecified atom stereocenters. The Hall–Kier alpha value is -3.76. The summed E-state index contributed by atoms with van der Waals surface area (Å²) in [5, 5.41) is 3.38. The van der Waals surface area contributed by atoms with E-state index in [0.29, 0.717) is 22.9 Å². The first kappa shape index (κ1) is 32.8. The fourth-order valence-electron chi connectivity index (χ4n) is 4.30. The monoisotopic (exact) mass is 615 g/mol. The van der Waals surface area contributed by atoms with Crippen molar-refractivity contribution in [1.82, 2.24) is 10.2 Å². The predicted molar refractivity (Wildman–Crippen MR) is 164 cm³/mol. The van der Waals surface area contributed by atoms with E-state index >= 15 is 0 Å². The second-order valence-corrected chi connectivity index (χ2v) is 12.1. The summed E-state index contributed by atoms with van der Waals surface area (Å²) in [5.74, 6) is 0.304. The van der Waals surface area contributed by atoms with Crippen LogP contribution >= 0.6 is 11.6 Å². The van der Waals surface area contributed by atoms with Gasteiger partial charge < -0.3 is 19.7 Å². The molecule has 3 rings (SSSR count). The predicted octanol–water partition coefficient (Wildman–Crippen LogP) is 5.27. The van der Waals surface area contributed by atoms with Gasteiger partial charge in [-0.05, 0) is 86.0 Å². The number of carbonyl (C=O) groups excluding carboxylic acids is 2. The van der Waals surface area contributed by atoms with Crippen LogP contribution in [0.2, 0.25) is 5.02 Å². The van der Waals surface area contributed by atoms with E-state index in [9.17, 15) is 18.0 Å². The van der Waals surface area contributed by atoms with Crippen LogP contribution in [0.3, 0.4) is 0 Å². The number of rotatable bonds is 14. The van der Waals surface area contributed by atoms with Crippen molar-refractivity contribution >= 4 is 39.1 Å². The van der Waals surface area contributed by atoms with Gasteiger partial charge in [-0.1, -0.05) is 37.6 Å². The van der Waals surface area contributed by atoms with Crippen LogP contribution < -0.4 is 19.1 Å². The summed E-state index contributed by atoms with van der Waals surface area (Å²) in [5.41, 5.74) is 1.01. The lowest BCUT2D eigenvalue weighted by molar-refractivity contribution is -0.140. The molecule has 0 radical (unpaired) electrons. The minimum atomic E-state index is -4.21. The summed E-state index contributed by atoms with van der Waals surface area (Å²) < 4.78 is 39.4. The van der Waals surface area contributed by atoms with Crippen molar-refractivity contribution in [1.29, 1.82) is 0 Å². The first-order valence-electron chi connectivity index (χ1n) is 13.7. The molecular weight excluding hydrogens is 578 g/mol. The van der Waals surface area contributed by atoms with Gasteiger partial charge in [0, 0.05) is 17.6 Å². The normalized spacial score (nSPS) is 12.6. The number of anilines is 1. The highest BCUT2D eigenvalue weighted by molar-refractivity contribution is 7.92. The Morgan fingerprint density at radius 3 is 1.90 bits per heavy atom. The van der Waals surface area contributed by atoms with Crippen LogP contribution in [0.15, 0.2) is 77.7 Å². The molecule has 0 aliphatic rings. The van der Waals surface area contributed by atoms with Crippen LogP contribution in [0.25, 0.3) is 0 Å². The van der Waals surface area contributed by atoms with E-state index in [0.717, 1.165) is 16.3 Å². The number of nitrogens with one attached hydrogen (secondary N) is 1. The number of amides is 2. The summed E-state index contributed by atoms with van der Waals surface area (Å²) in [6.07, 6.45) is 1.05. The maximum absolute atomic E-state index is 14.1. The van der Waals surface area contributed by atoms with E-state index < -0.39 is 28.5 Å². The van der Waals surface area contributed by atoms with Crippen molar-refractivity contribution in [2.24, 2.45) is 0 Å². The fourth-order valence-corrected chi connectivity index (χ4v) is 5.84. The van der Waals surface area contributed by atoms with Crippen LogP contribution in [0.4, 0.5) is 5.69 Å². The maximum Gasteiger partial charge on any atom is 0.264 e. The van der Waals surface area contributed by atoms with Crippen LogP contribution in [0.1, 0.15) is 39.2 Å². The van der Waals surface area contributed by atoms with Gasteiger partial charge in [-0.3, -0.25) is 13.9 Å². The average molecular weight is 616 g/mol. The van der Waals surface area contributed by atoms with E-state index in [1.165, 1.54) is 48.4 Å². The number of ether oxygens (including phenoxy) is 2. The Morgan fingerprint density at radius 1 is 0.857 bits per heavy atom. The molecule has 0 fully saturated rings. The number of hydrogen-bond donors (Lipinski definition) is 1. The molecule has 0 saturated carbocycles. The minimum Gasteiger partial charge on any atom is -0.497 e. The van der Waals surface area contributed by atoms with Crippen molar-refractivity contribution < 1.29 is 27.5 Å². The molecule has 0 spiro atoms. The van der Waals surface area contributed by atoms with Gasteiger partial charge in [-0.25, -0.2) is 8.42 Å². The van der Waals surface area contributed by atoms with Crippen molar-refractivity contribution in [3.8, 4) is 11.5 Å². The van der Waals surface area contributed by atoms with Crippen molar-refractivity contribution in [2.75, 3.05) is 25.1 Å². The highest BCUT2D eigenvalue weighted by Gasteiger charge is 2.34. The number of halogens is 1. The molecule has 0 aromatic heterocycles. The number of carbonyl (C=O) groups is 2. The molecule has 2 atom stereocenters. The van der Waals surface area contributed by atoms with E-state index in [4.69, 9.17) is 21.1 Å². The standard InChI is InChI=1S/C31H38ClN3O6S/c1-6-22(3)33-31(37)29(7-2)34(20-23-8-14-26(40-4)15-9-23)30(36)21-35(25-12-10-24(32)11-13-25)42(38,39)28-18-16-27(41-5)17-19-28/h8-19,22,29H,6-7,20-21H2,1-5H3,(H,33,37)/t22-,29-/m1/s1. The quantitative estimate of drug-likeness (QED) is 0.265. The summed E-state index contributed by atoms with van der Waals surface area (Å²) in [7, 11) is -1.16. The number of sulfonamides is 1. The third kappa shape index (κ3) is 8.17. The number of benzene rings is 3. The number of nitrogens with zero attached hydrogens (tertiary/aromatic N) is 2. The van der Waals surface area contributed by atoms with Gasteiger partial charge in [0.15, 0.2) is 0 Å². The molecule has 226 valence electrons. The second-order valence-electron chi connectivity index (χ2n) is 9.78. The van der Waals surface area contributed by atoms with Crippen LogP contribution in [0, 0.1) is 0 Å². The highest BCUT2D eigenvalue weighted by Crippen LogP contribution is 2.27. The highest BCUT2D eigenvalue weighted by atomic mass is 35.5. The lowest BCUT2D eigenvalue weighted by atomic mass is 10.1. The fraction of sp³-hybridized carbons (Fsp3) is 0.355. The summed E-state index contributed by atoms with van der Waals surface area (Å²) in [4.78, 5) is 28.9. The van der Waals surface area contributed by atoms with Gasteiger partial charge in [-0.2, -0.15) is 0 Å². The zero-order valence-corrected chi connectivity index (χ0v) is 26.1. The third-order valence-corrected chi connectivity index (χ3v) is 8.98. The third-order valence-electron chi connectivity index (χ3n) is 6.94. The Balaban J connectivity index is 2.05. The molecule has 0 bridgehead atoms. The van der Waals surface area contributed by atoms with Gasteiger partial charge in [0.05, 0.1) is 24.8 Å². The molecule has 2 amide bonds. The van der Waals surface area contributed by atoms with Crippen LogP contribution in [0.5, 0.6) is 11.5 Å². The molecule has 3 aromatic carbocycles. The topological polar surface area (TPSA) is 105 Å². The minimum absolute atomic E-state index is 0.0192. The molecule has 42 heavy (non-hydrogen) atoms. The van der Waals surface area contributed by atoms with Crippen LogP contribution in [-0.4, -0.2) is 58.0 Å². The summed E-state index contributed by atoms with van der Waals surface area (Å²) >= 11 is 6.09. The van der Waals surface area contributed by atoms with Crippen molar-refractivity contribution in [3.05, 3.63) is 83.4 Å². The molecule has 9 nitrogen and oxygen atoms in total. The zero-order chi connectivity index (χ0) is 30.9. The van der Waals surface area contributed by atoms with Crippen LogP contribution in [-0.2, 0) is 26.2 Å². The SMILES string of the molecule is CC[C@@H](C)NC(=O)[C@@H](CC)N(Cc1ccc(OC)cc1)C(=O)CN(c1ccc(Cl)cc1)S(=O)(=O)c1ccc(OC)cc1. The Morgan fingerprint density at radius 2 is 1.40 bits per heavy atom. The average Bonchev–Trinajstić information content (AvgIpc) is 3.00. The second kappa shape index (κ2) is 14.9. The Labute approximate surface area is 253 Å². The number of methoxy groups -OCH3 is 2. The molecular formula is C31H38ClN3O6S. The summed E-state index contributed by atoms with van der Waals surface area (Å²) in [6, 6.07) is 18.4. The largest absolute Gasteiger partial charge is 0.497 e. The van der Waals surface area contributed by atoms with Gasteiger partial charge in [0.2, 0.25) is 11.8 Å². The van der Waals surface area contributed by atoms with Crippen molar-refractivity contribution in [2.45, 2.75) is 57.1 Å². The maximum atomic E-state index is 14.1. The molecule has 0 heterocycles. The molecule has 0 aliphatic carbocycles. The van der Waals surface area contributed by atoms with E-state index in [1.807, 2.05) is 32.9 Å².